The number of hydrazone groups is 1. The third-order valence-corrected chi connectivity index (χ3v) is 4.60. The molecule has 0 bridgehead atoms. The minimum Gasteiger partial charge on any atom is -0.483 e. The fraction of sp³-hybridized carbons (Fsp3) is 0.143. The molecule has 0 saturated carbocycles. The lowest BCUT2D eigenvalue weighted by molar-refractivity contribution is -0.123. The fourth-order valence-corrected chi connectivity index (χ4v) is 3.13. The van der Waals surface area contributed by atoms with Crippen LogP contribution >= 0.6 is 15.9 Å². The highest BCUT2D eigenvalue weighted by Gasteiger charge is 2.06. The number of hydrogen-bond acceptors (Lipinski definition) is 3. The summed E-state index contributed by atoms with van der Waals surface area (Å²) >= 11 is 3.46. The van der Waals surface area contributed by atoms with Gasteiger partial charge in [-0.05, 0) is 50.8 Å². The monoisotopic (exact) mass is 410 g/mol. The molecule has 0 aliphatic heterocycles. The molecule has 0 fully saturated rings. The van der Waals surface area contributed by atoms with Crippen molar-refractivity contribution in [1.82, 2.24) is 5.43 Å². The summed E-state index contributed by atoms with van der Waals surface area (Å²) in [5.41, 5.74) is 4.65. The lowest BCUT2D eigenvalue weighted by Gasteiger charge is -2.08. The Hall–Kier alpha value is -2.66. The van der Waals surface area contributed by atoms with E-state index in [0.717, 1.165) is 27.2 Å². The Bertz CT molecular complexity index is 948. The van der Waals surface area contributed by atoms with Gasteiger partial charge in [0.05, 0.1) is 10.7 Å². The molecule has 0 radical (unpaired) electrons. The van der Waals surface area contributed by atoms with E-state index in [1.165, 1.54) is 5.56 Å². The number of aryl methyl sites for hydroxylation is 1. The van der Waals surface area contributed by atoms with Crippen molar-refractivity contribution < 1.29 is 9.53 Å². The summed E-state index contributed by atoms with van der Waals surface area (Å²) in [5.74, 6) is 0.323. The van der Waals surface area contributed by atoms with Crippen LogP contribution in [0.5, 0.6) is 5.75 Å². The molecule has 3 aromatic carbocycles. The van der Waals surface area contributed by atoms with Crippen LogP contribution in [0.1, 0.15) is 18.1 Å². The van der Waals surface area contributed by atoms with E-state index in [4.69, 9.17) is 4.74 Å². The second-order valence-electron chi connectivity index (χ2n) is 5.77. The molecule has 0 aliphatic carbocycles. The van der Waals surface area contributed by atoms with E-state index in [2.05, 4.69) is 33.4 Å². The van der Waals surface area contributed by atoms with Gasteiger partial charge in [-0.2, -0.15) is 5.10 Å². The van der Waals surface area contributed by atoms with Gasteiger partial charge < -0.3 is 4.74 Å². The van der Waals surface area contributed by atoms with Crippen molar-refractivity contribution in [3.05, 3.63) is 76.3 Å². The molecule has 3 aromatic rings. The minimum absolute atomic E-state index is 0.100. The Morgan fingerprint density at radius 3 is 2.77 bits per heavy atom. The molecule has 0 spiro atoms. The van der Waals surface area contributed by atoms with Gasteiger partial charge in [0.15, 0.2) is 6.61 Å². The molecule has 26 heavy (non-hydrogen) atoms. The predicted molar refractivity (Wildman–Crippen MR) is 109 cm³/mol. The molecule has 0 saturated heterocycles. The van der Waals surface area contributed by atoms with E-state index < -0.39 is 0 Å². The number of ether oxygens (including phenoxy) is 1. The molecular weight excluding hydrogens is 392 g/mol. The average Bonchev–Trinajstić information content (AvgIpc) is 2.67. The second kappa shape index (κ2) is 8.63. The van der Waals surface area contributed by atoms with Gasteiger partial charge in [0.2, 0.25) is 0 Å². The second-order valence-corrected chi connectivity index (χ2v) is 6.62. The summed E-state index contributed by atoms with van der Waals surface area (Å²) < 4.78 is 6.38. The van der Waals surface area contributed by atoms with Gasteiger partial charge in [0.1, 0.15) is 5.75 Å². The summed E-state index contributed by atoms with van der Waals surface area (Å²) in [5, 5.41) is 6.26. The van der Waals surface area contributed by atoms with Crippen molar-refractivity contribution in [2.45, 2.75) is 13.3 Å². The van der Waals surface area contributed by atoms with Gasteiger partial charge >= 0.3 is 0 Å². The maximum Gasteiger partial charge on any atom is 0.277 e. The number of rotatable bonds is 6. The maximum atomic E-state index is 11.9. The van der Waals surface area contributed by atoms with E-state index in [1.54, 1.807) is 6.21 Å². The maximum absolute atomic E-state index is 11.9. The third-order valence-electron chi connectivity index (χ3n) is 3.98. The molecule has 132 valence electrons. The number of nitrogens with zero attached hydrogens (tertiary/aromatic N) is 1. The number of hydrogen-bond donors (Lipinski definition) is 1. The van der Waals surface area contributed by atoms with Crippen molar-refractivity contribution in [2.75, 3.05) is 6.61 Å². The zero-order chi connectivity index (χ0) is 18.4. The summed E-state index contributed by atoms with van der Waals surface area (Å²) in [6.45, 7) is 1.99. The molecule has 5 heteroatoms. The van der Waals surface area contributed by atoms with Gasteiger partial charge in [0, 0.05) is 5.56 Å². The Labute approximate surface area is 161 Å². The molecule has 0 aliphatic rings. The number of fused-ring (bicyclic) bond motifs is 1. The van der Waals surface area contributed by atoms with Gasteiger partial charge in [-0.3, -0.25) is 4.79 Å². The molecule has 0 unspecified atom stereocenters. The van der Waals surface area contributed by atoms with Gasteiger partial charge in [-0.25, -0.2) is 5.43 Å². The number of carbonyl (C=O) groups is 1. The molecule has 0 aromatic heterocycles. The number of halogens is 1. The standard InChI is InChI=1S/C21H19BrN2O2/c1-2-15-10-11-20(19(22)12-15)26-14-21(25)24-23-13-17-8-5-7-16-6-3-4-9-18(16)17/h3-13H,2,14H2,1H3,(H,24,25). The zero-order valence-electron chi connectivity index (χ0n) is 14.4. The van der Waals surface area contributed by atoms with E-state index in [1.807, 2.05) is 60.7 Å². The highest BCUT2D eigenvalue weighted by atomic mass is 79.9. The van der Waals surface area contributed by atoms with Crippen molar-refractivity contribution in [3.63, 3.8) is 0 Å². The number of benzene rings is 3. The normalized spacial score (nSPS) is 11.0. The molecular formula is C21H19BrN2O2. The lowest BCUT2D eigenvalue weighted by atomic mass is 10.1. The topological polar surface area (TPSA) is 50.7 Å². The highest BCUT2D eigenvalue weighted by molar-refractivity contribution is 9.10. The highest BCUT2D eigenvalue weighted by Crippen LogP contribution is 2.26. The number of nitrogens with one attached hydrogen (secondary N) is 1. The van der Waals surface area contributed by atoms with Crippen molar-refractivity contribution >= 4 is 38.8 Å². The molecule has 1 N–H and O–H groups in total. The quantitative estimate of drug-likeness (QED) is 0.473. The van der Waals surface area contributed by atoms with Crippen molar-refractivity contribution in [2.24, 2.45) is 5.10 Å². The van der Waals surface area contributed by atoms with E-state index in [9.17, 15) is 4.79 Å². The predicted octanol–water partition coefficient (Wildman–Crippen LogP) is 4.69. The van der Waals surface area contributed by atoms with E-state index in [0.29, 0.717) is 5.75 Å². The summed E-state index contributed by atoms with van der Waals surface area (Å²) in [6.07, 6.45) is 2.59. The number of carbonyl (C=O) groups excluding carboxylic acids is 1. The smallest absolute Gasteiger partial charge is 0.277 e. The molecule has 4 nitrogen and oxygen atoms in total. The van der Waals surface area contributed by atoms with Gasteiger partial charge in [-0.1, -0.05) is 55.5 Å². The first-order chi connectivity index (χ1) is 12.7. The minimum atomic E-state index is -0.312. The first-order valence-electron chi connectivity index (χ1n) is 8.38. The van der Waals surface area contributed by atoms with Crippen LogP contribution < -0.4 is 10.2 Å². The van der Waals surface area contributed by atoms with Crippen LogP contribution in [0.4, 0.5) is 0 Å². The summed E-state index contributed by atoms with van der Waals surface area (Å²) in [6, 6.07) is 19.8. The van der Waals surface area contributed by atoms with Crippen molar-refractivity contribution in [3.8, 4) is 5.75 Å². The molecule has 1 amide bonds. The average molecular weight is 411 g/mol. The molecule has 3 rings (SSSR count). The largest absolute Gasteiger partial charge is 0.483 e. The Kier molecular flexibility index (Phi) is 6.02. The summed E-state index contributed by atoms with van der Waals surface area (Å²) in [7, 11) is 0. The molecule has 0 atom stereocenters. The van der Waals surface area contributed by atoms with Crippen LogP contribution in [0.2, 0.25) is 0 Å². The van der Waals surface area contributed by atoms with Gasteiger partial charge in [-0.15, -0.1) is 0 Å². The van der Waals surface area contributed by atoms with Crippen LogP contribution in [-0.2, 0) is 11.2 Å². The van der Waals surface area contributed by atoms with Crippen LogP contribution in [0, 0.1) is 0 Å². The third kappa shape index (κ3) is 4.49. The molecule has 0 heterocycles. The fourth-order valence-electron chi connectivity index (χ4n) is 2.59. The van der Waals surface area contributed by atoms with E-state index >= 15 is 0 Å². The van der Waals surface area contributed by atoms with Crippen LogP contribution in [0.3, 0.4) is 0 Å². The Morgan fingerprint density at radius 2 is 1.96 bits per heavy atom. The zero-order valence-corrected chi connectivity index (χ0v) is 16.0. The van der Waals surface area contributed by atoms with Crippen LogP contribution in [-0.4, -0.2) is 18.7 Å². The van der Waals surface area contributed by atoms with E-state index in [-0.39, 0.29) is 12.5 Å². The number of amides is 1. The lowest BCUT2D eigenvalue weighted by Crippen LogP contribution is -2.24. The Morgan fingerprint density at radius 1 is 1.15 bits per heavy atom. The van der Waals surface area contributed by atoms with Gasteiger partial charge in [0.25, 0.3) is 5.91 Å². The Balaban J connectivity index is 1.58. The summed E-state index contributed by atoms with van der Waals surface area (Å²) in [4.78, 5) is 11.9. The first kappa shape index (κ1) is 18.1. The SMILES string of the molecule is CCc1ccc(OCC(=O)NN=Cc2cccc3ccccc23)c(Br)c1. The van der Waals surface area contributed by atoms with Crippen molar-refractivity contribution in [1.29, 1.82) is 0 Å². The first-order valence-corrected chi connectivity index (χ1v) is 9.17. The van der Waals surface area contributed by atoms with Crippen LogP contribution in [0.15, 0.2) is 70.2 Å². The van der Waals surface area contributed by atoms with Crippen LogP contribution in [0.25, 0.3) is 10.8 Å².